The number of anilines is 1. The Morgan fingerprint density at radius 1 is 1.35 bits per heavy atom. The fourth-order valence-electron chi connectivity index (χ4n) is 1.67. The normalized spacial score (nSPS) is 10.3. The fraction of sp³-hybridized carbons (Fsp3) is 0.286. The number of ether oxygens (including phenoxy) is 1. The van der Waals surface area contributed by atoms with Gasteiger partial charge in [-0.2, -0.15) is 4.98 Å². The van der Waals surface area contributed by atoms with Crippen LogP contribution in [-0.4, -0.2) is 28.3 Å². The minimum atomic E-state index is -0.0451. The molecular weight excluding hydrogens is 322 g/mol. The van der Waals surface area contributed by atoms with Crippen molar-refractivity contribution in [2.45, 2.75) is 13.5 Å². The van der Waals surface area contributed by atoms with Gasteiger partial charge in [-0.15, -0.1) is 0 Å². The number of aromatic nitrogens is 2. The predicted octanol–water partition coefficient (Wildman–Crippen LogP) is 2.53. The van der Waals surface area contributed by atoms with E-state index in [0.29, 0.717) is 18.2 Å². The van der Waals surface area contributed by atoms with Gasteiger partial charge in [-0.05, 0) is 30.2 Å². The molecule has 20 heavy (non-hydrogen) atoms. The second-order valence-corrected chi connectivity index (χ2v) is 5.15. The third kappa shape index (κ3) is 4.18. The van der Waals surface area contributed by atoms with Crippen molar-refractivity contribution < 1.29 is 9.84 Å². The minimum Gasteiger partial charge on any atom is -0.474 e. The lowest BCUT2D eigenvalue weighted by atomic mass is 10.1. The van der Waals surface area contributed by atoms with E-state index in [9.17, 15) is 0 Å². The molecule has 6 heteroatoms. The molecule has 106 valence electrons. The van der Waals surface area contributed by atoms with Crippen LogP contribution >= 0.6 is 15.9 Å². The third-order valence-corrected chi connectivity index (χ3v) is 3.22. The molecule has 0 aliphatic heterocycles. The Morgan fingerprint density at radius 3 is 3.00 bits per heavy atom. The molecule has 0 saturated heterocycles. The van der Waals surface area contributed by atoms with E-state index in [-0.39, 0.29) is 13.2 Å². The van der Waals surface area contributed by atoms with Crippen molar-refractivity contribution in [3.8, 4) is 5.88 Å². The van der Waals surface area contributed by atoms with Crippen molar-refractivity contribution in [3.05, 3.63) is 46.2 Å². The first-order valence-corrected chi connectivity index (χ1v) is 7.03. The van der Waals surface area contributed by atoms with E-state index in [1.165, 1.54) is 17.3 Å². The van der Waals surface area contributed by atoms with Gasteiger partial charge in [0.1, 0.15) is 12.4 Å². The Morgan fingerprint density at radius 2 is 2.20 bits per heavy atom. The number of aliphatic hydroxyl groups is 1. The van der Waals surface area contributed by atoms with Crippen molar-refractivity contribution in [1.82, 2.24) is 9.97 Å². The molecule has 2 aromatic rings. The Labute approximate surface area is 126 Å². The summed E-state index contributed by atoms with van der Waals surface area (Å²) in [6.07, 6.45) is 3.16. The highest BCUT2D eigenvalue weighted by Gasteiger charge is 2.02. The number of benzene rings is 1. The Hall–Kier alpha value is -1.66. The van der Waals surface area contributed by atoms with Crippen LogP contribution in [0, 0.1) is 6.92 Å². The van der Waals surface area contributed by atoms with Gasteiger partial charge >= 0.3 is 0 Å². The SMILES string of the molecule is Cc1ccc(Br)cc1CNc1cncc(OCCO)n1. The summed E-state index contributed by atoms with van der Waals surface area (Å²) in [6.45, 7) is 2.89. The molecule has 1 heterocycles. The van der Waals surface area contributed by atoms with Gasteiger partial charge in [-0.1, -0.05) is 22.0 Å². The summed E-state index contributed by atoms with van der Waals surface area (Å²) in [6, 6.07) is 6.15. The van der Waals surface area contributed by atoms with Gasteiger partial charge in [0.05, 0.1) is 19.0 Å². The molecule has 0 bridgehead atoms. The molecule has 1 aromatic heterocycles. The number of hydrogen-bond donors (Lipinski definition) is 2. The molecule has 5 nitrogen and oxygen atoms in total. The lowest BCUT2D eigenvalue weighted by molar-refractivity contribution is 0.196. The molecule has 0 aliphatic rings. The molecule has 0 unspecified atom stereocenters. The monoisotopic (exact) mass is 337 g/mol. The third-order valence-electron chi connectivity index (χ3n) is 2.72. The van der Waals surface area contributed by atoms with E-state index in [0.717, 1.165) is 4.47 Å². The average molecular weight is 338 g/mol. The largest absolute Gasteiger partial charge is 0.474 e. The summed E-state index contributed by atoms with van der Waals surface area (Å²) in [4.78, 5) is 8.31. The summed E-state index contributed by atoms with van der Waals surface area (Å²) in [7, 11) is 0. The molecule has 1 aromatic carbocycles. The van der Waals surface area contributed by atoms with Gasteiger partial charge in [0.15, 0.2) is 0 Å². The van der Waals surface area contributed by atoms with Gasteiger partial charge in [-0.25, -0.2) is 0 Å². The van der Waals surface area contributed by atoms with Crippen LogP contribution in [0.4, 0.5) is 5.82 Å². The molecule has 2 rings (SSSR count). The molecule has 0 atom stereocenters. The smallest absolute Gasteiger partial charge is 0.234 e. The number of nitrogens with one attached hydrogen (secondary N) is 1. The van der Waals surface area contributed by atoms with Crippen LogP contribution in [0.3, 0.4) is 0 Å². The molecule has 0 spiro atoms. The van der Waals surface area contributed by atoms with Crippen LogP contribution in [0.5, 0.6) is 5.88 Å². The highest BCUT2D eigenvalue weighted by atomic mass is 79.9. The number of aryl methyl sites for hydroxylation is 1. The van der Waals surface area contributed by atoms with Gasteiger partial charge in [0.2, 0.25) is 5.88 Å². The van der Waals surface area contributed by atoms with Crippen LogP contribution < -0.4 is 10.1 Å². The second kappa shape index (κ2) is 7.21. The zero-order valence-electron chi connectivity index (χ0n) is 11.1. The molecule has 0 radical (unpaired) electrons. The number of halogens is 1. The zero-order chi connectivity index (χ0) is 14.4. The van der Waals surface area contributed by atoms with Crippen LogP contribution in [-0.2, 0) is 6.54 Å². The molecule has 2 N–H and O–H groups in total. The summed E-state index contributed by atoms with van der Waals surface area (Å²) in [5.74, 6) is 1.04. The van der Waals surface area contributed by atoms with E-state index in [2.05, 4.69) is 50.3 Å². The van der Waals surface area contributed by atoms with E-state index < -0.39 is 0 Å². The first-order chi connectivity index (χ1) is 9.69. The van der Waals surface area contributed by atoms with Gasteiger partial charge in [0, 0.05) is 11.0 Å². The average Bonchev–Trinajstić information content (AvgIpc) is 2.46. The summed E-state index contributed by atoms with van der Waals surface area (Å²) >= 11 is 3.46. The van der Waals surface area contributed by atoms with Crippen molar-refractivity contribution >= 4 is 21.7 Å². The van der Waals surface area contributed by atoms with Crippen LogP contribution in [0.25, 0.3) is 0 Å². The molecular formula is C14H16BrN3O2. The number of hydrogen-bond acceptors (Lipinski definition) is 5. The first kappa shape index (κ1) is 14.7. The molecule has 0 aliphatic carbocycles. The summed E-state index contributed by atoms with van der Waals surface area (Å²) < 4.78 is 6.27. The maximum absolute atomic E-state index is 8.71. The minimum absolute atomic E-state index is 0.0451. The quantitative estimate of drug-likeness (QED) is 0.847. The van der Waals surface area contributed by atoms with E-state index in [1.807, 2.05) is 6.07 Å². The van der Waals surface area contributed by atoms with Crippen LogP contribution in [0.2, 0.25) is 0 Å². The summed E-state index contributed by atoms with van der Waals surface area (Å²) in [5.41, 5.74) is 2.39. The lowest BCUT2D eigenvalue weighted by Crippen LogP contribution is -2.07. The maximum atomic E-state index is 8.71. The van der Waals surface area contributed by atoms with Gasteiger partial charge < -0.3 is 15.2 Å². The Kier molecular flexibility index (Phi) is 5.31. The van der Waals surface area contributed by atoms with E-state index in [1.54, 1.807) is 6.20 Å². The Bertz CT molecular complexity index is 578. The van der Waals surface area contributed by atoms with E-state index in [4.69, 9.17) is 9.84 Å². The van der Waals surface area contributed by atoms with Crippen molar-refractivity contribution in [1.29, 1.82) is 0 Å². The van der Waals surface area contributed by atoms with E-state index >= 15 is 0 Å². The van der Waals surface area contributed by atoms with Crippen molar-refractivity contribution in [2.24, 2.45) is 0 Å². The van der Waals surface area contributed by atoms with Crippen molar-refractivity contribution in [2.75, 3.05) is 18.5 Å². The van der Waals surface area contributed by atoms with Gasteiger partial charge in [0.25, 0.3) is 0 Å². The lowest BCUT2D eigenvalue weighted by Gasteiger charge is -2.10. The highest BCUT2D eigenvalue weighted by molar-refractivity contribution is 9.10. The molecule has 0 amide bonds. The van der Waals surface area contributed by atoms with Crippen LogP contribution in [0.1, 0.15) is 11.1 Å². The molecule has 0 saturated carbocycles. The zero-order valence-corrected chi connectivity index (χ0v) is 12.7. The number of nitrogens with zero attached hydrogens (tertiary/aromatic N) is 2. The number of aliphatic hydroxyl groups excluding tert-OH is 1. The fourth-order valence-corrected chi connectivity index (χ4v) is 2.08. The highest BCUT2D eigenvalue weighted by Crippen LogP contribution is 2.17. The number of rotatable bonds is 6. The standard InChI is InChI=1S/C14H16BrN3O2/c1-10-2-3-12(15)6-11(10)7-17-13-8-16-9-14(18-13)20-5-4-19/h2-3,6,8-9,19H,4-5,7H2,1H3,(H,17,18). The topological polar surface area (TPSA) is 67.3 Å². The maximum Gasteiger partial charge on any atom is 0.234 e. The predicted molar refractivity (Wildman–Crippen MR) is 80.8 cm³/mol. The van der Waals surface area contributed by atoms with Crippen molar-refractivity contribution in [3.63, 3.8) is 0 Å². The van der Waals surface area contributed by atoms with Crippen LogP contribution in [0.15, 0.2) is 35.1 Å². The molecule has 0 fully saturated rings. The first-order valence-electron chi connectivity index (χ1n) is 6.23. The Balaban J connectivity index is 2.01. The van der Waals surface area contributed by atoms with Gasteiger partial charge in [-0.3, -0.25) is 4.98 Å². The second-order valence-electron chi connectivity index (χ2n) is 4.24. The summed E-state index contributed by atoms with van der Waals surface area (Å²) in [5, 5.41) is 11.9.